The van der Waals surface area contributed by atoms with Crippen LogP contribution in [-0.2, 0) is 16.1 Å². The number of nitrogens with zero attached hydrogens (tertiary/aromatic N) is 1. The molecule has 1 unspecified atom stereocenters. The molecule has 1 aromatic heterocycles. The summed E-state index contributed by atoms with van der Waals surface area (Å²) < 4.78 is 1.16. The van der Waals surface area contributed by atoms with Crippen LogP contribution in [0.15, 0.2) is 21.9 Å². The SMILES string of the molecule is CC(NC(=O)CCn1ccc(=O)[nH]c1=O)C(=O)O. The Hall–Kier alpha value is -2.38. The van der Waals surface area contributed by atoms with Gasteiger partial charge in [0.05, 0.1) is 0 Å². The highest BCUT2D eigenvalue weighted by Gasteiger charge is 2.13. The second-order valence-electron chi connectivity index (χ2n) is 3.68. The van der Waals surface area contributed by atoms with Gasteiger partial charge in [-0.25, -0.2) is 4.79 Å². The van der Waals surface area contributed by atoms with Crippen LogP contribution in [0.5, 0.6) is 0 Å². The number of aromatic amines is 1. The number of aliphatic carboxylic acids is 1. The molecule has 0 bridgehead atoms. The fourth-order valence-corrected chi connectivity index (χ4v) is 1.22. The zero-order valence-corrected chi connectivity index (χ0v) is 9.67. The number of hydrogen-bond acceptors (Lipinski definition) is 4. The van der Waals surface area contributed by atoms with Crippen LogP contribution in [0.2, 0.25) is 0 Å². The molecule has 0 saturated carbocycles. The minimum atomic E-state index is -1.13. The van der Waals surface area contributed by atoms with E-state index in [1.807, 2.05) is 4.98 Å². The van der Waals surface area contributed by atoms with Gasteiger partial charge in [-0.15, -0.1) is 0 Å². The minimum absolute atomic E-state index is 0.0520. The largest absolute Gasteiger partial charge is 0.480 e. The van der Waals surface area contributed by atoms with E-state index in [0.717, 1.165) is 4.57 Å². The topological polar surface area (TPSA) is 121 Å². The number of carbonyl (C=O) groups is 2. The molecule has 0 aliphatic rings. The first-order valence-corrected chi connectivity index (χ1v) is 5.22. The van der Waals surface area contributed by atoms with Crippen molar-refractivity contribution in [3.05, 3.63) is 33.1 Å². The van der Waals surface area contributed by atoms with E-state index in [-0.39, 0.29) is 13.0 Å². The fraction of sp³-hybridized carbons (Fsp3) is 0.400. The summed E-state index contributed by atoms with van der Waals surface area (Å²) in [5, 5.41) is 10.8. The molecule has 0 aliphatic carbocycles. The first kappa shape index (κ1) is 13.7. The monoisotopic (exact) mass is 255 g/mol. The van der Waals surface area contributed by atoms with Crippen molar-refractivity contribution >= 4 is 11.9 Å². The number of H-pyrrole nitrogens is 1. The second-order valence-corrected chi connectivity index (χ2v) is 3.68. The van der Waals surface area contributed by atoms with Gasteiger partial charge >= 0.3 is 11.7 Å². The summed E-state index contributed by atoms with van der Waals surface area (Å²) in [6.07, 6.45) is 1.22. The van der Waals surface area contributed by atoms with Gasteiger partial charge < -0.3 is 15.0 Å². The Morgan fingerprint density at radius 1 is 1.50 bits per heavy atom. The molecule has 0 radical (unpaired) electrons. The number of carbonyl (C=O) groups excluding carboxylic acids is 1. The van der Waals surface area contributed by atoms with E-state index in [4.69, 9.17) is 5.11 Å². The Kier molecular flexibility index (Phi) is 4.41. The smallest absolute Gasteiger partial charge is 0.328 e. The molecule has 98 valence electrons. The highest BCUT2D eigenvalue weighted by atomic mass is 16.4. The summed E-state index contributed by atoms with van der Waals surface area (Å²) >= 11 is 0. The van der Waals surface area contributed by atoms with E-state index in [2.05, 4.69) is 5.32 Å². The molecule has 0 fully saturated rings. The highest BCUT2D eigenvalue weighted by Crippen LogP contribution is 1.88. The zero-order chi connectivity index (χ0) is 13.7. The van der Waals surface area contributed by atoms with Crippen LogP contribution in [0.4, 0.5) is 0 Å². The summed E-state index contributed by atoms with van der Waals surface area (Å²) in [4.78, 5) is 45.9. The number of carboxylic acids is 1. The lowest BCUT2D eigenvalue weighted by molar-refractivity contribution is -0.141. The van der Waals surface area contributed by atoms with Crippen LogP contribution < -0.4 is 16.6 Å². The van der Waals surface area contributed by atoms with Crippen molar-refractivity contribution in [2.45, 2.75) is 25.9 Å². The van der Waals surface area contributed by atoms with Crippen LogP contribution in [-0.4, -0.2) is 32.6 Å². The molecule has 8 heteroatoms. The van der Waals surface area contributed by atoms with E-state index in [0.29, 0.717) is 0 Å². The molecule has 1 heterocycles. The first-order valence-electron chi connectivity index (χ1n) is 5.22. The minimum Gasteiger partial charge on any atom is -0.480 e. The van der Waals surface area contributed by atoms with Crippen molar-refractivity contribution in [1.82, 2.24) is 14.9 Å². The number of amides is 1. The number of rotatable bonds is 5. The second kappa shape index (κ2) is 5.80. The van der Waals surface area contributed by atoms with Gasteiger partial charge in [0.15, 0.2) is 0 Å². The average Bonchev–Trinajstić information content (AvgIpc) is 2.27. The number of hydrogen-bond donors (Lipinski definition) is 3. The predicted octanol–water partition coefficient (Wildman–Crippen LogP) is -1.48. The maximum atomic E-state index is 11.3. The number of nitrogens with one attached hydrogen (secondary N) is 2. The molecule has 1 atom stereocenters. The van der Waals surface area contributed by atoms with Gasteiger partial charge in [-0.2, -0.15) is 0 Å². The number of aryl methyl sites for hydroxylation is 1. The molecule has 1 amide bonds. The van der Waals surface area contributed by atoms with Crippen LogP contribution in [0.3, 0.4) is 0 Å². The Bertz CT molecular complexity index is 559. The quantitative estimate of drug-likeness (QED) is 0.592. The van der Waals surface area contributed by atoms with Crippen LogP contribution in [0.1, 0.15) is 13.3 Å². The van der Waals surface area contributed by atoms with Crippen molar-refractivity contribution < 1.29 is 14.7 Å². The highest BCUT2D eigenvalue weighted by molar-refractivity contribution is 5.83. The van der Waals surface area contributed by atoms with Crippen molar-refractivity contribution in [3.8, 4) is 0 Å². The molecule has 0 aromatic carbocycles. The molecular weight excluding hydrogens is 242 g/mol. The van der Waals surface area contributed by atoms with Gasteiger partial charge in [-0.1, -0.05) is 0 Å². The van der Waals surface area contributed by atoms with Crippen LogP contribution in [0.25, 0.3) is 0 Å². The standard InChI is InChI=1S/C10H13N3O5/c1-6(9(16)17)11-7(14)2-4-13-5-3-8(15)12-10(13)18/h3,5-6H,2,4H2,1H3,(H,11,14)(H,16,17)(H,12,15,18). The zero-order valence-electron chi connectivity index (χ0n) is 9.67. The molecule has 3 N–H and O–H groups in total. The predicted molar refractivity (Wildman–Crippen MR) is 61.2 cm³/mol. The van der Waals surface area contributed by atoms with E-state index in [1.54, 1.807) is 0 Å². The lowest BCUT2D eigenvalue weighted by Crippen LogP contribution is -2.39. The molecule has 0 saturated heterocycles. The van der Waals surface area contributed by atoms with Gasteiger partial charge in [0, 0.05) is 25.2 Å². The molecule has 8 nitrogen and oxygen atoms in total. The normalized spacial score (nSPS) is 11.8. The van der Waals surface area contributed by atoms with Gasteiger partial charge in [-0.3, -0.25) is 19.4 Å². The third kappa shape index (κ3) is 3.89. The van der Waals surface area contributed by atoms with E-state index >= 15 is 0 Å². The molecule has 1 aromatic rings. The van der Waals surface area contributed by atoms with E-state index in [9.17, 15) is 19.2 Å². The lowest BCUT2D eigenvalue weighted by atomic mass is 10.3. The Morgan fingerprint density at radius 2 is 2.17 bits per heavy atom. The third-order valence-electron chi connectivity index (χ3n) is 2.22. The molecule has 0 spiro atoms. The Labute approximate surface area is 101 Å². The van der Waals surface area contributed by atoms with Gasteiger partial charge in [0.25, 0.3) is 5.56 Å². The van der Waals surface area contributed by atoms with E-state index in [1.165, 1.54) is 19.2 Å². The first-order chi connectivity index (χ1) is 8.40. The molecule has 0 aliphatic heterocycles. The number of aromatic nitrogens is 2. The number of carboxylic acid groups (broad SMARTS) is 1. The molecule has 1 rings (SSSR count). The maximum Gasteiger partial charge on any atom is 0.328 e. The third-order valence-corrected chi connectivity index (χ3v) is 2.22. The van der Waals surface area contributed by atoms with Crippen molar-refractivity contribution in [3.63, 3.8) is 0 Å². The van der Waals surface area contributed by atoms with E-state index < -0.39 is 29.2 Å². The van der Waals surface area contributed by atoms with Crippen molar-refractivity contribution in [2.24, 2.45) is 0 Å². The Morgan fingerprint density at radius 3 is 2.72 bits per heavy atom. The van der Waals surface area contributed by atoms with Gasteiger partial charge in [0.1, 0.15) is 6.04 Å². The Balaban J connectivity index is 2.55. The van der Waals surface area contributed by atoms with Gasteiger partial charge in [-0.05, 0) is 6.92 Å². The summed E-state index contributed by atoms with van der Waals surface area (Å²) in [7, 11) is 0. The summed E-state index contributed by atoms with van der Waals surface area (Å²) in [5.74, 6) is -1.62. The molecule has 18 heavy (non-hydrogen) atoms. The summed E-state index contributed by atoms with van der Waals surface area (Å²) in [6.45, 7) is 1.40. The maximum absolute atomic E-state index is 11.3. The van der Waals surface area contributed by atoms with Crippen LogP contribution >= 0.6 is 0 Å². The van der Waals surface area contributed by atoms with Gasteiger partial charge in [0.2, 0.25) is 5.91 Å². The van der Waals surface area contributed by atoms with Crippen molar-refractivity contribution in [1.29, 1.82) is 0 Å². The van der Waals surface area contributed by atoms with Crippen LogP contribution in [0, 0.1) is 0 Å². The summed E-state index contributed by atoms with van der Waals surface area (Å²) in [6, 6.07) is 0.184. The summed E-state index contributed by atoms with van der Waals surface area (Å²) in [5.41, 5.74) is -1.12. The lowest BCUT2D eigenvalue weighted by Gasteiger charge is -2.09. The molecular formula is C10H13N3O5. The average molecular weight is 255 g/mol. The fourth-order valence-electron chi connectivity index (χ4n) is 1.22. The van der Waals surface area contributed by atoms with Crippen molar-refractivity contribution in [2.75, 3.05) is 0 Å².